The minimum absolute atomic E-state index is 0. The molecule has 26 heavy (non-hydrogen) atoms. The van der Waals surface area contributed by atoms with Crippen LogP contribution in [0.2, 0.25) is 0 Å². The van der Waals surface area contributed by atoms with E-state index in [-0.39, 0.29) is 36.6 Å². The summed E-state index contributed by atoms with van der Waals surface area (Å²) >= 11 is 0. The number of carbonyl (C=O) groups is 2. The molecule has 0 aromatic heterocycles. The second-order valence-corrected chi connectivity index (χ2v) is 6.58. The van der Waals surface area contributed by atoms with Crippen molar-refractivity contribution in [2.24, 2.45) is 11.7 Å². The number of benzene rings is 2. The van der Waals surface area contributed by atoms with Gasteiger partial charge in [0.05, 0.1) is 6.42 Å². The summed E-state index contributed by atoms with van der Waals surface area (Å²) in [5.41, 5.74) is 6.37. The summed E-state index contributed by atoms with van der Waals surface area (Å²) in [5, 5.41) is 7.93. The summed E-state index contributed by atoms with van der Waals surface area (Å²) in [4.78, 5) is 24.6. The molecule has 0 aliphatic rings. The van der Waals surface area contributed by atoms with E-state index in [0.717, 1.165) is 22.8 Å². The summed E-state index contributed by atoms with van der Waals surface area (Å²) < 4.78 is 0. The second kappa shape index (κ2) is 10.8. The maximum absolute atomic E-state index is 12.4. The lowest BCUT2D eigenvalue weighted by molar-refractivity contribution is -0.129. The highest BCUT2D eigenvalue weighted by Gasteiger charge is 2.23. The molecule has 2 aromatic carbocycles. The molecule has 6 heteroatoms. The molecule has 2 amide bonds. The zero-order chi connectivity index (χ0) is 18.2. The first-order valence-corrected chi connectivity index (χ1v) is 8.76. The van der Waals surface area contributed by atoms with Crippen molar-refractivity contribution >= 4 is 35.0 Å². The van der Waals surface area contributed by atoms with Crippen LogP contribution in [0, 0.1) is 5.92 Å². The molecule has 4 N–H and O–H groups in total. The van der Waals surface area contributed by atoms with E-state index in [2.05, 4.69) is 10.6 Å². The molecule has 0 aliphatic carbocycles. The third kappa shape index (κ3) is 6.32. The molecular formula is C20H28ClN3O2. The van der Waals surface area contributed by atoms with Crippen LogP contribution in [0.5, 0.6) is 0 Å². The molecule has 0 saturated carbocycles. The van der Waals surface area contributed by atoms with Gasteiger partial charge >= 0.3 is 0 Å². The van der Waals surface area contributed by atoms with Crippen molar-refractivity contribution in [3.05, 3.63) is 48.0 Å². The molecule has 5 nitrogen and oxygen atoms in total. The number of nitrogens with one attached hydrogen (secondary N) is 2. The molecule has 2 aromatic rings. The Hall–Kier alpha value is -2.11. The maximum atomic E-state index is 12.4. The van der Waals surface area contributed by atoms with Crippen molar-refractivity contribution < 1.29 is 9.59 Å². The zero-order valence-corrected chi connectivity index (χ0v) is 16.1. The van der Waals surface area contributed by atoms with Crippen LogP contribution in [0.1, 0.15) is 25.8 Å². The van der Waals surface area contributed by atoms with E-state index in [4.69, 9.17) is 5.73 Å². The van der Waals surface area contributed by atoms with Gasteiger partial charge in [-0.1, -0.05) is 56.3 Å². The Balaban J connectivity index is 0.00000338. The number of carbonyl (C=O) groups excluding carboxylic acids is 2. The van der Waals surface area contributed by atoms with Gasteiger partial charge in [0, 0.05) is 6.54 Å². The monoisotopic (exact) mass is 377 g/mol. The van der Waals surface area contributed by atoms with Gasteiger partial charge in [0.1, 0.15) is 6.04 Å². The van der Waals surface area contributed by atoms with Crippen LogP contribution in [0.3, 0.4) is 0 Å². The van der Waals surface area contributed by atoms with Crippen molar-refractivity contribution in [2.45, 2.75) is 32.7 Å². The molecule has 0 bridgehead atoms. The lowest BCUT2D eigenvalue weighted by Crippen LogP contribution is -2.50. The average molecular weight is 378 g/mol. The first-order chi connectivity index (χ1) is 12.0. The first-order valence-electron chi connectivity index (χ1n) is 8.76. The Labute approximate surface area is 161 Å². The van der Waals surface area contributed by atoms with Crippen molar-refractivity contribution in [3.63, 3.8) is 0 Å². The van der Waals surface area contributed by atoms with Crippen LogP contribution in [-0.2, 0) is 16.0 Å². The molecular weight excluding hydrogens is 350 g/mol. The van der Waals surface area contributed by atoms with E-state index in [1.807, 2.05) is 56.3 Å². The van der Waals surface area contributed by atoms with E-state index in [9.17, 15) is 9.59 Å². The van der Waals surface area contributed by atoms with Crippen molar-refractivity contribution in [3.8, 4) is 0 Å². The van der Waals surface area contributed by atoms with E-state index in [0.29, 0.717) is 13.1 Å². The summed E-state index contributed by atoms with van der Waals surface area (Å²) in [6.07, 6.45) is 0.978. The predicted octanol–water partition coefficient (Wildman–Crippen LogP) is 2.41. The van der Waals surface area contributed by atoms with E-state index in [1.165, 1.54) is 0 Å². The van der Waals surface area contributed by atoms with Crippen LogP contribution >= 0.6 is 12.4 Å². The number of amides is 2. The normalized spacial score (nSPS) is 11.7. The van der Waals surface area contributed by atoms with Crippen molar-refractivity contribution in [1.29, 1.82) is 0 Å². The predicted molar refractivity (Wildman–Crippen MR) is 108 cm³/mol. The van der Waals surface area contributed by atoms with Crippen LogP contribution < -0.4 is 16.4 Å². The van der Waals surface area contributed by atoms with Gasteiger partial charge in [-0.05, 0) is 35.2 Å². The van der Waals surface area contributed by atoms with Gasteiger partial charge < -0.3 is 16.4 Å². The smallest absolute Gasteiger partial charge is 0.242 e. The van der Waals surface area contributed by atoms with Gasteiger partial charge in [0.15, 0.2) is 0 Å². The number of nitrogens with two attached hydrogens (primary N) is 1. The van der Waals surface area contributed by atoms with Gasteiger partial charge in [-0.15, -0.1) is 12.4 Å². The molecule has 2 rings (SSSR count). The molecule has 0 saturated heterocycles. The first kappa shape index (κ1) is 21.9. The van der Waals surface area contributed by atoms with Gasteiger partial charge in [-0.3, -0.25) is 9.59 Å². The van der Waals surface area contributed by atoms with E-state index < -0.39 is 6.04 Å². The number of rotatable bonds is 8. The Kier molecular flexibility index (Phi) is 9.10. The zero-order valence-electron chi connectivity index (χ0n) is 15.3. The van der Waals surface area contributed by atoms with Gasteiger partial charge in [-0.25, -0.2) is 0 Å². The standard InChI is InChI=1S/C20H27N3O2.ClH/c1-14(2)19(20(25)22-11-5-10-21)23-18(24)13-15-8-9-16-6-3-4-7-17(16)12-15;/h3-4,6-9,12,14,19H,5,10-11,13,21H2,1-2H3,(H,22,25)(H,23,24);1H. The molecule has 0 spiro atoms. The van der Waals surface area contributed by atoms with Gasteiger partial charge in [-0.2, -0.15) is 0 Å². The molecule has 0 heterocycles. The molecule has 1 atom stereocenters. The fourth-order valence-electron chi connectivity index (χ4n) is 2.72. The minimum atomic E-state index is -0.536. The van der Waals surface area contributed by atoms with Gasteiger partial charge in [0.2, 0.25) is 11.8 Å². The topological polar surface area (TPSA) is 84.2 Å². The third-order valence-corrected chi connectivity index (χ3v) is 4.12. The summed E-state index contributed by atoms with van der Waals surface area (Å²) in [6, 6.07) is 13.5. The Morgan fingerprint density at radius 2 is 1.77 bits per heavy atom. The Morgan fingerprint density at radius 3 is 2.42 bits per heavy atom. The Bertz CT molecular complexity index is 734. The highest BCUT2D eigenvalue weighted by Crippen LogP contribution is 2.16. The second-order valence-electron chi connectivity index (χ2n) is 6.58. The minimum Gasteiger partial charge on any atom is -0.354 e. The fraction of sp³-hybridized carbons (Fsp3) is 0.400. The molecule has 0 radical (unpaired) electrons. The van der Waals surface area contributed by atoms with Crippen LogP contribution in [0.4, 0.5) is 0 Å². The summed E-state index contributed by atoms with van der Waals surface area (Å²) in [6.45, 7) is 4.90. The summed E-state index contributed by atoms with van der Waals surface area (Å²) in [5.74, 6) is -0.295. The van der Waals surface area contributed by atoms with Crippen molar-refractivity contribution in [1.82, 2.24) is 10.6 Å². The van der Waals surface area contributed by atoms with E-state index >= 15 is 0 Å². The highest BCUT2D eigenvalue weighted by molar-refractivity contribution is 5.89. The molecule has 142 valence electrons. The average Bonchev–Trinajstić information content (AvgIpc) is 2.59. The molecule has 1 unspecified atom stereocenters. The lowest BCUT2D eigenvalue weighted by Gasteiger charge is -2.21. The largest absolute Gasteiger partial charge is 0.354 e. The number of hydrogen-bond acceptors (Lipinski definition) is 3. The van der Waals surface area contributed by atoms with Crippen molar-refractivity contribution in [2.75, 3.05) is 13.1 Å². The quantitative estimate of drug-likeness (QED) is 0.617. The van der Waals surface area contributed by atoms with E-state index in [1.54, 1.807) is 0 Å². The lowest BCUT2D eigenvalue weighted by atomic mass is 10.0. The van der Waals surface area contributed by atoms with Crippen LogP contribution in [-0.4, -0.2) is 30.9 Å². The molecule has 0 fully saturated rings. The number of halogens is 1. The number of hydrogen-bond donors (Lipinski definition) is 3. The SMILES string of the molecule is CC(C)C(NC(=O)Cc1ccc2ccccc2c1)C(=O)NCCCN.Cl. The number of fused-ring (bicyclic) bond motifs is 1. The third-order valence-electron chi connectivity index (χ3n) is 4.12. The maximum Gasteiger partial charge on any atom is 0.242 e. The fourth-order valence-corrected chi connectivity index (χ4v) is 2.72. The van der Waals surface area contributed by atoms with Gasteiger partial charge in [0.25, 0.3) is 0 Å². The summed E-state index contributed by atoms with van der Waals surface area (Å²) in [7, 11) is 0. The van der Waals surface area contributed by atoms with Crippen LogP contribution in [0.15, 0.2) is 42.5 Å². The highest BCUT2D eigenvalue weighted by atomic mass is 35.5. The molecule has 0 aliphatic heterocycles. The van der Waals surface area contributed by atoms with Crippen LogP contribution in [0.25, 0.3) is 10.8 Å². The Morgan fingerprint density at radius 1 is 1.08 bits per heavy atom.